The molecule has 6 nitrogen and oxygen atoms in total. The molecule has 32 heavy (non-hydrogen) atoms. The lowest BCUT2D eigenvalue weighted by Gasteiger charge is -2.23. The minimum Gasteiger partial charge on any atom is -0.468 e. The summed E-state index contributed by atoms with van der Waals surface area (Å²) >= 11 is 0. The van der Waals surface area contributed by atoms with Crippen molar-refractivity contribution in [2.45, 2.75) is 56.6 Å². The lowest BCUT2D eigenvalue weighted by atomic mass is 10.0. The highest BCUT2D eigenvalue weighted by atomic mass is 32.2. The summed E-state index contributed by atoms with van der Waals surface area (Å²) in [6.07, 6.45) is 3.49. The first-order chi connectivity index (χ1) is 15.3. The van der Waals surface area contributed by atoms with E-state index in [0.29, 0.717) is 23.8 Å². The van der Waals surface area contributed by atoms with Crippen LogP contribution in [0.4, 0.5) is 0 Å². The zero-order valence-electron chi connectivity index (χ0n) is 18.3. The molecule has 0 bridgehead atoms. The van der Waals surface area contributed by atoms with Crippen molar-refractivity contribution in [2.24, 2.45) is 0 Å². The van der Waals surface area contributed by atoms with E-state index in [1.165, 1.54) is 24.0 Å². The molecule has 1 heterocycles. The van der Waals surface area contributed by atoms with E-state index < -0.39 is 10.0 Å². The number of benzene rings is 2. The van der Waals surface area contributed by atoms with Crippen LogP contribution in [-0.4, -0.2) is 25.3 Å². The number of amides is 1. The van der Waals surface area contributed by atoms with Crippen LogP contribution in [0, 0.1) is 0 Å². The number of furan rings is 1. The highest BCUT2D eigenvalue weighted by Gasteiger charge is 2.33. The highest BCUT2D eigenvalue weighted by molar-refractivity contribution is 7.89. The third kappa shape index (κ3) is 5.29. The van der Waals surface area contributed by atoms with Crippen LogP contribution < -0.4 is 4.72 Å². The van der Waals surface area contributed by atoms with Crippen LogP contribution in [0.1, 0.15) is 59.9 Å². The van der Waals surface area contributed by atoms with Crippen molar-refractivity contribution >= 4 is 15.9 Å². The normalized spacial score (nSPS) is 14.0. The zero-order valence-corrected chi connectivity index (χ0v) is 19.1. The topological polar surface area (TPSA) is 79.6 Å². The van der Waals surface area contributed by atoms with Crippen LogP contribution in [0.3, 0.4) is 0 Å². The fraction of sp³-hybridized carbons (Fsp3) is 0.320. The van der Waals surface area contributed by atoms with E-state index in [9.17, 15) is 13.2 Å². The number of nitrogens with one attached hydrogen (secondary N) is 1. The number of rotatable bonds is 9. The molecule has 1 fully saturated rings. The largest absolute Gasteiger partial charge is 0.468 e. The van der Waals surface area contributed by atoms with Gasteiger partial charge < -0.3 is 9.32 Å². The molecule has 1 aromatic heterocycles. The van der Waals surface area contributed by atoms with Gasteiger partial charge in [-0.25, -0.2) is 13.1 Å². The first kappa shape index (κ1) is 22.3. The maximum atomic E-state index is 13.2. The molecular formula is C25H28N2O4S. The molecule has 1 N–H and O–H groups in total. The van der Waals surface area contributed by atoms with Crippen molar-refractivity contribution in [1.29, 1.82) is 0 Å². The van der Waals surface area contributed by atoms with Crippen LogP contribution in [0.2, 0.25) is 0 Å². The molecule has 7 heteroatoms. The highest BCUT2D eigenvalue weighted by Crippen LogP contribution is 2.30. The lowest BCUT2D eigenvalue weighted by molar-refractivity contribution is 0.0730. The summed E-state index contributed by atoms with van der Waals surface area (Å²) in [5, 5.41) is 0. The van der Waals surface area contributed by atoms with Crippen molar-refractivity contribution in [3.8, 4) is 0 Å². The van der Waals surface area contributed by atoms with E-state index in [1.54, 1.807) is 24.3 Å². The molecule has 0 saturated heterocycles. The minimum atomic E-state index is -3.70. The van der Waals surface area contributed by atoms with Crippen molar-refractivity contribution in [3.05, 3.63) is 89.4 Å². The SMILES string of the molecule is CC(C)c1ccc(CN(C(=O)c2ccc(S(=O)(=O)NCc3ccco3)cc2)C2CC2)cc1. The van der Waals surface area contributed by atoms with E-state index in [2.05, 4.69) is 42.8 Å². The van der Waals surface area contributed by atoms with Crippen LogP contribution in [-0.2, 0) is 23.1 Å². The molecule has 1 saturated carbocycles. The van der Waals surface area contributed by atoms with Crippen molar-refractivity contribution < 1.29 is 17.6 Å². The van der Waals surface area contributed by atoms with Gasteiger partial charge in [0.1, 0.15) is 5.76 Å². The average molecular weight is 453 g/mol. The van der Waals surface area contributed by atoms with Crippen molar-refractivity contribution in [2.75, 3.05) is 0 Å². The molecule has 2 aromatic carbocycles. The Kier molecular flexibility index (Phi) is 6.48. The second-order valence-electron chi connectivity index (χ2n) is 8.49. The Morgan fingerprint density at radius 1 is 1.06 bits per heavy atom. The Labute approximate surface area is 189 Å². The van der Waals surface area contributed by atoms with Gasteiger partial charge in [-0.3, -0.25) is 4.79 Å². The fourth-order valence-electron chi connectivity index (χ4n) is 3.56. The molecule has 0 unspecified atom stereocenters. The molecule has 4 rings (SSSR count). The Bertz CT molecular complexity index is 1150. The van der Waals surface area contributed by atoms with Gasteiger partial charge in [-0.2, -0.15) is 0 Å². The van der Waals surface area contributed by atoms with Gasteiger partial charge in [-0.05, 0) is 66.3 Å². The standard InChI is InChI=1S/C25H28N2O4S/c1-18(2)20-7-5-19(6-8-20)17-27(22-11-12-22)25(28)21-9-13-24(14-10-21)32(29,30)26-16-23-4-3-15-31-23/h3-10,13-15,18,22,26H,11-12,16-17H2,1-2H3. The van der Waals surface area contributed by atoms with Crippen LogP contribution in [0.15, 0.2) is 76.2 Å². The minimum absolute atomic E-state index is 0.0705. The van der Waals surface area contributed by atoms with Gasteiger partial charge in [0.15, 0.2) is 0 Å². The molecule has 0 radical (unpaired) electrons. The van der Waals surface area contributed by atoms with E-state index in [0.717, 1.165) is 18.4 Å². The summed E-state index contributed by atoms with van der Waals surface area (Å²) in [6.45, 7) is 4.94. The Hall–Kier alpha value is -2.90. The molecule has 3 aromatic rings. The van der Waals surface area contributed by atoms with Gasteiger partial charge in [0, 0.05) is 18.2 Å². The smallest absolute Gasteiger partial charge is 0.254 e. The fourth-order valence-corrected chi connectivity index (χ4v) is 4.56. The van der Waals surface area contributed by atoms with E-state index in [4.69, 9.17) is 4.42 Å². The number of hydrogen-bond donors (Lipinski definition) is 1. The molecule has 1 aliphatic rings. The molecule has 0 aliphatic heterocycles. The lowest BCUT2D eigenvalue weighted by Crippen LogP contribution is -2.32. The monoisotopic (exact) mass is 452 g/mol. The molecule has 1 amide bonds. The summed E-state index contributed by atoms with van der Waals surface area (Å²) in [6, 6.07) is 18.2. The molecule has 168 valence electrons. The second kappa shape index (κ2) is 9.30. The summed E-state index contributed by atoms with van der Waals surface area (Å²) in [5.74, 6) is 0.920. The van der Waals surface area contributed by atoms with Crippen LogP contribution >= 0.6 is 0 Å². The maximum absolute atomic E-state index is 13.2. The predicted molar refractivity (Wildman–Crippen MR) is 123 cm³/mol. The van der Waals surface area contributed by atoms with Gasteiger partial charge in [0.25, 0.3) is 5.91 Å². The summed E-state index contributed by atoms with van der Waals surface area (Å²) in [5.41, 5.74) is 2.85. The maximum Gasteiger partial charge on any atom is 0.254 e. The molecule has 0 spiro atoms. The van der Waals surface area contributed by atoms with Crippen LogP contribution in [0.25, 0.3) is 0 Å². The van der Waals surface area contributed by atoms with E-state index >= 15 is 0 Å². The summed E-state index contributed by atoms with van der Waals surface area (Å²) in [4.78, 5) is 15.2. The zero-order chi connectivity index (χ0) is 22.7. The third-order valence-electron chi connectivity index (χ3n) is 5.68. The third-order valence-corrected chi connectivity index (χ3v) is 7.09. The Balaban J connectivity index is 1.45. The number of nitrogens with zero attached hydrogens (tertiary/aromatic N) is 1. The van der Waals surface area contributed by atoms with Crippen molar-refractivity contribution in [1.82, 2.24) is 9.62 Å². The van der Waals surface area contributed by atoms with E-state index in [1.807, 2.05) is 4.90 Å². The van der Waals surface area contributed by atoms with E-state index in [-0.39, 0.29) is 23.4 Å². The first-order valence-electron chi connectivity index (χ1n) is 10.9. The molecule has 0 atom stereocenters. The number of hydrogen-bond acceptors (Lipinski definition) is 4. The van der Waals surface area contributed by atoms with Gasteiger partial charge in [0.2, 0.25) is 10.0 Å². The molecular weight excluding hydrogens is 424 g/mol. The first-order valence-corrected chi connectivity index (χ1v) is 12.3. The van der Waals surface area contributed by atoms with Crippen LogP contribution in [0.5, 0.6) is 0 Å². The molecule has 1 aliphatic carbocycles. The Morgan fingerprint density at radius 3 is 2.31 bits per heavy atom. The number of carbonyl (C=O) groups excluding carboxylic acids is 1. The second-order valence-corrected chi connectivity index (χ2v) is 10.3. The van der Waals surface area contributed by atoms with Gasteiger partial charge in [-0.1, -0.05) is 38.1 Å². The van der Waals surface area contributed by atoms with Gasteiger partial charge in [-0.15, -0.1) is 0 Å². The summed E-state index contributed by atoms with van der Waals surface area (Å²) < 4.78 is 32.7. The van der Waals surface area contributed by atoms with Crippen molar-refractivity contribution in [3.63, 3.8) is 0 Å². The average Bonchev–Trinajstić information content (AvgIpc) is 3.50. The summed E-state index contributed by atoms with van der Waals surface area (Å²) in [7, 11) is -3.70. The Morgan fingerprint density at radius 2 is 1.75 bits per heavy atom. The van der Waals surface area contributed by atoms with Gasteiger partial charge >= 0.3 is 0 Å². The predicted octanol–water partition coefficient (Wildman–Crippen LogP) is 4.69. The number of carbonyl (C=O) groups is 1. The quantitative estimate of drug-likeness (QED) is 0.511. The number of sulfonamides is 1. The van der Waals surface area contributed by atoms with Gasteiger partial charge in [0.05, 0.1) is 17.7 Å².